The molecule has 1 aromatic carbocycles. The molecule has 0 atom stereocenters. The van der Waals surface area contributed by atoms with Crippen molar-refractivity contribution in [1.29, 1.82) is 0 Å². The predicted molar refractivity (Wildman–Crippen MR) is 87.6 cm³/mol. The molecule has 10 nitrogen and oxygen atoms in total. The number of hydrogen-bond donors (Lipinski definition) is 2. The van der Waals surface area contributed by atoms with Gasteiger partial charge in [0.1, 0.15) is 16.9 Å². The van der Waals surface area contributed by atoms with Crippen molar-refractivity contribution in [2.75, 3.05) is 25.6 Å². The Morgan fingerprint density at radius 2 is 2.15 bits per heavy atom. The standard InChI is InChI=1S/C14H11BrFN3O7/c1-26-14(23)10-11(16)6(15)4-8(19(24)25)12(10)17-7-5-9(21)18(2-3-20)13(7)22/h4-5,17,20H,2-3H2,1H3. The van der Waals surface area contributed by atoms with E-state index in [1.807, 2.05) is 0 Å². The van der Waals surface area contributed by atoms with Crippen molar-refractivity contribution >= 4 is 45.1 Å². The first-order valence-corrected chi connectivity index (χ1v) is 7.72. The zero-order chi connectivity index (χ0) is 19.6. The van der Waals surface area contributed by atoms with Gasteiger partial charge in [0.05, 0.1) is 29.7 Å². The van der Waals surface area contributed by atoms with Crippen molar-refractivity contribution in [3.05, 3.63) is 43.8 Å². The van der Waals surface area contributed by atoms with E-state index in [4.69, 9.17) is 5.11 Å². The molecule has 0 unspecified atom stereocenters. The zero-order valence-corrected chi connectivity index (χ0v) is 14.7. The summed E-state index contributed by atoms with van der Waals surface area (Å²) in [7, 11) is 0.949. The van der Waals surface area contributed by atoms with E-state index in [1.165, 1.54) is 0 Å². The van der Waals surface area contributed by atoms with Crippen molar-refractivity contribution in [2.24, 2.45) is 0 Å². The number of nitrogens with one attached hydrogen (secondary N) is 1. The third kappa shape index (κ3) is 3.41. The summed E-state index contributed by atoms with van der Waals surface area (Å²) < 4.78 is 18.4. The number of aliphatic hydroxyl groups is 1. The number of ether oxygens (including phenoxy) is 1. The monoisotopic (exact) mass is 431 g/mol. The van der Waals surface area contributed by atoms with Crippen molar-refractivity contribution < 1.29 is 33.5 Å². The summed E-state index contributed by atoms with van der Waals surface area (Å²) in [5.41, 5.74) is -2.59. The van der Waals surface area contributed by atoms with Gasteiger partial charge >= 0.3 is 5.97 Å². The topological polar surface area (TPSA) is 139 Å². The number of amides is 2. The van der Waals surface area contributed by atoms with Crippen LogP contribution < -0.4 is 5.32 Å². The number of imide groups is 1. The van der Waals surface area contributed by atoms with Crippen LogP contribution in [0.25, 0.3) is 0 Å². The zero-order valence-electron chi connectivity index (χ0n) is 13.1. The van der Waals surface area contributed by atoms with Crippen LogP contribution in [0.4, 0.5) is 15.8 Å². The highest BCUT2D eigenvalue weighted by atomic mass is 79.9. The molecule has 0 spiro atoms. The van der Waals surface area contributed by atoms with Crippen LogP contribution in [0.1, 0.15) is 10.4 Å². The van der Waals surface area contributed by atoms with Crippen molar-refractivity contribution in [1.82, 2.24) is 4.90 Å². The van der Waals surface area contributed by atoms with Gasteiger partial charge in [0.25, 0.3) is 17.5 Å². The molecular weight excluding hydrogens is 421 g/mol. The smallest absolute Gasteiger partial charge is 0.343 e. The summed E-state index contributed by atoms with van der Waals surface area (Å²) in [6.07, 6.45) is 0.822. The van der Waals surface area contributed by atoms with E-state index < -0.39 is 57.8 Å². The van der Waals surface area contributed by atoms with Crippen molar-refractivity contribution in [3.63, 3.8) is 0 Å². The molecule has 1 aliphatic heterocycles. The first-order chi connectivity index (χ1) is 12.2. The maximum absolute atomic E-state index is 14.4. The lowest BCUT2D eigenvalue weighted by molar-refractivity contribution is -0.384. The number of nitro groups is 1. The maximum atomic E-state index is 14.4. The Labute approximate surface area is 153 Å². The molecular formula is C14H11BrFN3O7. The Hall–Kier alpha value is -2.86. The third-order valence-electron chi connectivity index (χ3n) is 3.38. The normalized spacial score (nSPS) is 13.7. The fourth-order valence-electron chi connectivity index (χ4n) is 2.22. The van der Waals surface area contributed by atoms with Gasteiger partial charge in [-0.1, -0.05) is 0 Å². The summed E-state index contributed by atoms with van der Waals surface area (Å²) in [4.78, 5) is 46.9. The Kier molecular flexibility index (Phi) is 5.67. The second kappa shape index (κ2) is 7.58. The number of carbonyl (C=O) groups excluding carboxylic acids is 3. The summed E-state index contributed by atoms with van der Waals surface area (Å²) in [5, 5.41) is 22.4. The Morgan fingerprint density at radius 1 is 1.50 bits per heavy atom. The van der Waals surface area contributed by atoms with Gasteiger partial charge in [-0.3, -0.25) is 24.6 Å². The molecule has 0 saturated carbocycles. The van der Waals surface area contributed by atoms with Gasteiger partial charge in [-0.25, -0.2) is 9.18 Å². The SMILES string of the molecule is COC(=O)c1c(F)c(Br)cc([N+](=O)[O-])c1NC1=CC(=O)N(CCO)C1=O. The number of nitro benzene ring substituents is 1. The summed E-state index contributed by atoms with van der Waals surface area (Å²) in [6, 6.07) is 0.803. The summed E-state index contributed by atoms with van der Waals surface area (Å²) in [6.45, 7) is -0.779. The Bertz CT molecular complexity index is 855. The van der Waals surface area contributed by atoms with E-state index in [-0.39, 0.29) is 11.0 Å². The van der Waals surface area contributed by atoms with Crippen LogP contribution in [0, 0.1) is 15.9 Å². The molecule has 26 heavy (non-hydrogen) atoms. The van der Waals surface area contributed by atoms with E-state index in [0.29, 0.717) is 4.90 Å². The number of nitrogens with zero attached hydrogens (tertiary/aromatic N) is 2. The molecule has 0 bridgehead atoms. The van der Waals surface area contributed by atoms with Crippen LogP contribution in [0.2, 0.25) is 0 Å². The highest BCUT2D eigenvalue weighted by molar-refractivity contribution is 9.10. The third-order valence-corrected chi connectivity index (χ3v) is 3.95. The first kappa shape index (κ1) is 19.5. The minimum Gasteiger partial charge on any atom is -0.465 e. The van der Waals surface area contributed by atoms with Crippen LogP contribution in [-0.2, 0) is 14.3 Å². The van der Waals surface area contributed by atoms with Crippen LogP contribution in [0.3, 0.4) is 0 Å². The van der Waals surface area contributed by atoms with Crippen LogP contribution in [0.5, 0.6) is 0 Å². The number of β-amino-alcohol motifs (C(OH)–C–C–N with tert-alkyl or cyclic N) is 1. The van der Waals surface area contributed by atoms with E-state index in [1.54, 1.807) is 0 Å². The number of rotatable bonds is 6. The fourth-order valence-corrected chi connectivity index (χ4v) is 2.64. The second-order valence-corrected chi connectivity index (χ2v) is 5.75. The number of aliphatic hydroxyl groups excluding tert-OH is 1. The molecule has 138 valence electrons. The van der Waals surface area contributed by atoms with Crippen LogP contribution in [0.15, 0.2) is 22.3 Å². The molecule has 1 aromatic rings. The lowest BCUT2D eigenvalue weighted by Crippen LogP contribution is -2.34. The van der Waals surface area contributed by atoms with Gasteiger partial charge in [-0.05, 0) is 15.9 Å². The van der Waals surface area contributed by atoms with Gasteiger partial charge < -0.3 is 15.2 Å². The fraction of sp³-hybridized carbons (Fsp3) is 0.214. The molecule has 12 heteroatoms. The molecule has 0 radical (unpaired) electrons. The largest absolute Gasteiger partial charge is 0.465 e. The van der Waals surface area contributed by atoms with Gasteiger partial charge in [-0.15, -0.1) is 0 Å². The number of esters is 1. The number of anilines is 1. The minimum atomic E-state index is -1.22. The predicted octanol–water partition coefficient (Wildman–Crippen LogP) is 0.940. The lowest BCUT2D eigenvalue weighted by atomic mass is 10.1. The molecule has 0 aliphatic carbocycles. The van der Waals surface area contributed by atoms with E-state index in [9.17, 15) is 28.9 Å². The lowest BCUT2D eigenvalue weighted by Gasteiger charge is -2.15. The molecule has 1 aliphatic rings. The number of methoxy groups -OCH3 is 1. The van der Waals surface area contributed by atoms with Gasteiger partial charge in [0.2, 0.25) is 0 Å². The van der Waals surface area contributed by atoms with E-state index in [0.717, 1.165) is 19.3 Å². The first-order valence-electron chi connectivity index (χ1n) is 6.93. The molecule has 2 N–H and O–H groups in total. The summed E-state index contributed by atoms with van der Waals surface area (Å²) in [5.74, 6) is -4.03. The molecule has 1 heterocycles. The highest BCUT2D eigenvalue weighted by Crippen LogP contribution is 2.37. The average molecular weight is 432 g/mol. The quantitative estimate of drug-likeness (QED) is 0.293. The van der Waals surface area contributed by atoms with Gasteiger partial charge in [-0.2, -0.15) is 0 Å². The van der Waals surface area contributed by atoms with E-state index in [2.05, 4.69) is 26.0 Å². The number of benzene rings is 1. The van der Waals surface area contributed by atoms with Crippen molar-refractivity contribution in [2.45, 2.75) is 0 Å². The number of halogens is 2. The molecule has 2 amide bonds. The summed E-state index contributed by atoms with van der Waals surface area (Å²) >= 11 is 2.77. The Morgan fingerprint density at radius 3 is 2.69 bits per heavy atom. The molecule has 0 fully saturated rings. The Balaban J connectivity index is 2.59. The molecule has 0 aromatic heterocycles. The highest BCUT2D eigenvalue weighted by Gasteiger charge is 2.35. The maximum Gasteiger partial charge on any atom is 0.343 e. The number of carbonyl (C=O) groups is 3. The van der Waals surface area contributed by atoms with Gasteiger partial charge in [0.15, 0.2) is 5.82 Å². The van der Waals surface area contributed by atoms with Crippen LogP contribution >= 0.6 is 15.9 Å². The van der Waals surface area contributed by atoms with E-state index >= 15 is 0 Å². The van der Waals surface area contributed by atoms with Gasteiger partial charge in [0, 0.05) is 12.1 Å². The van der Waals surface area contributed by atoms with Crippen molar-refractivity contribution in [3.8, 4) is 0 Å². The second-order valence-electron chi connectivity index (χ2n) is 4.89. The molecule has 0 saturated heterocycles. The number of hydrogen-bond acceptors (Lipinski definition) is 8. The minimum absolute atomic E-state index is 0.292. The average Bonchev–Trinajstić information content (AvgIpc) is 2.85. The van der Waals surface area contributed by atoms with Crippen LogP contribution in [-0.4, -0.2) is 53.0 Å². The molecule has 2 rings (SSSR count).